The second kappa shape index (κ2) is 7.49. The lowest BCUT2D eigenvalue weighted by Crippen LogP contribution is -2.29. The highest BCUT2D eigenvalue weighted by Gasteiger charge is 2.16. The molecule has 19 heavy (non-hydrogen) atoms. The van der Waals surface area contributed by atoms with E-state index in [0.29, 0.717) is 17.8 Å². The summed E-state index contributed by atoms with van der Waals surface area (Å²) in [7, 11) is 1.69. The van der Waals surface area contributed by atoms with Crippen LogP contribution in [0.3, 0.4) is 0 Å². The summed E-state index contributed by atoms with van der Waals surface area (Å²) in [5.41, 5.74) is 2.04. The fraction of sp³-hybridized carbons (Fsp3) is 0.688. The summed E-state index contributed by atoms with van der Waals surface area (Å²) >= 11 is 0. The summed E-state index contributed by atoms with van der Waals surface area (Å²) in [6, 6.07) is 3.95. The van der Waals surface area contributed by atoms with Crippen LogP contribution in [0.5, 0.6) is 5.75 Å². The Morgan fingerprint density at radius 2 is 1.79 bits per heavy atom. The molecular weight excluding hydrogens is 236 g/mol. The first-order chi connectivity index (χ1) is 8.93. The first-order valence-corrected chi connectivity index (χ1v) is 7.16. The third-order valence-electron chi connectivity index (χ3n) is 3.61. The number of aryl methyl sites for hydroxylation is 1. The molecule has 0 saturated heterocycles. The number of hydrogen-bond donors (Lipinski definition) is 1. The van der Waals surface area contributed by atoms with Gasteiger partial charge in [-0.3, -0.25) is 4.98 Å². The van der Waals surface area contributed by atoms with Crippen molar-refractivity contribution in [2.75, 3.05) is 13.7 Å². The van der Waals surface area contributed by atoms with Crippen LogP contribution in [-0.2, 0) is 6.54 Å². The molecule has 0 aliphatic rings. The van der Waals surface area contributed by atoms with Crippen molar-refractivity contribution in [1.29, 1.82) is 0 Å². The topological polar surface area (TPSA) is 34.1 Å². The van der Waals surface area contributed by atoms with Crippen molar-refractivity contribution in [2.24, 2.45) is 17.8 Å². The van der Waals surface area contributed by atoms with Gasteiger partial charge in [0.25, 0.3) is 0 Å². The maximum Gasteiger partial charge on any atom is 0.122 e. The van der Waals surface area contributed by atoms with Gasteiger partial charge in [-0.05, 0) is 31.2 Å². The highest BCUT2D eigenvalue weighted by Crippen LogP contribution is 2.19. The lowest BCUT2D eigenvalue weighted by molar-refractivity contribution is 0.275. The number of hydrogen-bond acceptors (Lipinski definition) is 3. The second-order valence-electron chi connectivity index (χ2n) is 5.92. The fourth-order valence-electron chi connectivity index (χ4n) is 2.52. The molecule has 0 bridgehead atoms. The zero-order chi connectivity index (χ0) is 14.4. The molecule has 0 unspecified atom stereocenters. The predicted octanol–water partition coefficient (Wildman–Crippen LogP) is 3.42. The quantitative estimate of drug-likeness (QED) is 0.819. The lowest BCUT2D eigenvalue weighted by Gasteiger charge is -2.25. The largest absolute Gasteiger partial charge is 0.497 e. The first-order valence-electron chi connectivity index (χ1n) is 7.16. The third-order valence-corrected chi connectivity index (χ3v) is 3.61. The highest BCUT2D eigenvalue weighted by atomic mass is 16.5. The minimum Gasteiger partial charge on any atom is -0.497 e. The molecule has 0 aliphatic carbocycles. The van der Waals surface area contributed by atoms with Gasteiger partial charge in [-0.1, -0.05) is 27.7 Å². The van der Waals surface area contributed by atoms with Crippen molar-refractivity contribution in [1.82, 2.24) is 10.3 Å². The third kappa shape index (κ3) is 5.19. The summed E-state index contributed by atoms with van der Waals surface area (Å²) in [5, 5.41) is 3.52. The molecule has 0 aromatic carbocycles. The summed E-state index contributed by atoms with van der Waals surface area (Å²) in [5.74, 6) is 2.99. The van der Waals surface area contributed by atoms with Crippen LogP contribution in [0.4, 0.5) is 0 Å². The molecule has 3 heteroatoms. The van der Waals surface area contributed by atoms with Crippen LogP contribution in [0.15, 0.2) is 12.1 Å². The summed E-state index contributed by atoms with van der Waals surface area (Å²) in [6.45, 7) is 13.0. The average molecular weight is 264 g/mol. The monoisotopic (exact) mass is 264 g/mol. The smallest absolute Gasteiger partial charge is 0.122 e. The molecule has 0 spiro atoms. The summed E-state index contributed by atoms with van der Waals surface area (Å²) in [6.07, 6.45) is 0. The van der Waals surface area contributed by atoms with E-state index in [1.807, 2.05) is 19.1 Å². The fourth-order valence-corrected chi connectivity index (χ4v) is 2.52. The Bertz CT molecular complexity index is 380. The Morgan fingerprint density at radius 1 is 1.16 bits per heavy atom. The van der Waals surface area contributed by atoms with Crippen LogP contribution >= 0.6 is 0 Å². The highest BCUT2D eigenvalue weighted by molar-refractivity contribution is 5.26. The molecule has 0 fully saturated rings. The minimum atomic E-state index is 0.701. The van der Waals surface area contributed by atoms with Crippen molar-refractivity contribution in [3.8, 4) is 5.75 Å². The van der Waals surface area contributed by atoms with Gasteiger partial charge >= 0.3 is 0 Å². The van der Waals surface area contributed by atoms with Crippen LogP contribution in [0, 0.1) is 24.7 Å². The van der Waals surface area contributed by atoms with Crippen molar-refractivity contribution < 1.29 is 4.74 Å². The van der Waals surface area contributed by atoms with Crippen LogP contribution in [-0.4, -0.2) is 18.6 Å². The number of pyridine rings is 1. The van der Waals surface area contributed by atoms with Crippen LogP contribution in [0.1, 0.15) is 39.1 Å². The Balaban J connectivity index is 2.55. The molecule has 1 aromatic heterocycles. The summed E-state index contributed by atoms with van der Waals surface area (Å²) in [4.78, 5) is 4.53. The van der Waals surface area contributed by atoms with Gasteiger partial charge in [0, 0.05) is 24.4 Å². The molecule has 0 aliphatic heterocycles. The Kier molecular flexibility index (Phi) is 6.29. The van der Waals surface area contributed by atoms with Crippen molar-refractivity contribution >= 4 is 0 Å². The van der Waals surface area contributed by atoms with Gasteiger partial charge in [0.2, 0.25) is 0 Å². The molecule has 108 valence electrons. The first kappa shape index (κ1) is 16.0. The van der Waals surface area contributed by atoms with E-state index in [0.717, 1.165) is 30.2 Å². The van der Waals surface area contributed by atoms with Gasteiger partial charge in [0.05, 0.1) is 12.8 Å². The molecular formula is C16H28N2O. The molecule has 0 amide bonds. The van der Waals surface area contributed by atoms with E-state index in [1.165, 1.54) is 0 Å². The number of methoxy groups -OCH3 is 1. The Labute approximate surface area is 117 Å². The van der Waals surface area contributed by atoms with Crippen molar-refractivity contribution in [2.45, 2.75) is 41.2 Å². The molecule has 1 rings (SSSR count). The lowest BCUT2D eigenvalue weighted by atomic mass is 9.85. The molecule has 3 nitrogen and oxygen atoms in total. The van der Waals surface area contributed by atoms with E-state index in [4.69, 9.17) is 4.74 Å². The van der Waals surface area contributed by atoms with Crippen LogP contribution < -0.4 is 10.1 Å². The number of nitrogens with one attached hydrogen (secondary N) is 1. The zero-order valence-corrected chi connectivity index (χ0v) is 13.2. The van der Waals surface area contributed by atoms with E-state index in [9.17, 15) is 0 Å². The number of nitrogens with zero attached hydrogens (tertiary/aromatic N) is 1. The van der Waals surface area contributed by atoms with Gasteiger partial charge in [0.15, 0.2) is 0 Å². The van der Waals surface area contributed by atoms with E-state index in [1.54, 1.807) is 7.11 Å². The van der Waals surface area contributed by atoms with Gasteiger partial charge in [0.1, 0.15) is 5.75 Å². The second-order valence-corrected chi connectivity index (χ2v) is 5.92. The standard InChI is InChI=1S/C16H28N2O/c1-11(2)16(12(3)4)10-17-9-14-8-15(19-6)7-13(5)18-14/h7-8,11-12,16-17H,9-10H2,1-6H3. The molecule has 0 radical (unpaired) electrons. The molecule has 0 atom stereocenters. The predicted molar refractivity (Wildman–Crippen MR) is 80.4 cm³/mol. The van der Waals surface area contributed by atoms with Gasteiger partial charge in [-0.15, -0.1) is 0 Å². The van der Waals surface area contributed by atoms with Gasteiger partial charge in [-0.25, -0.2) is 0 Å². The average Bonchev–Trinajstić information content (AvgIpc) is 2.32. The van der Waals surface area contributed by atoms with E-state index >= 15 is 0 Å². The van der Waals surface area contributed by atoms with Crippen molar-refractivity contribution in [3.63, 3.8) is 0 Å². The number of aromatic nitrogens is 1. The van der Waals surface area contributed by atoms with Crippen LogP contribution in [0.25, 0.3) is 0 Å². The van der Waals surface area contributed by atoms with Crippen LogP contribution in [0.2, 0.25) is 0 Å². The van der Waals surface area contributed by atoms with E-state index in [2.05, 4.69) is 38.0 Å². The van der Waals surface area contributed by atoms with E-state index in [-0.39, 0.29) is 0 Å². The molecule has 1 heterocycles. The minimum absolute atomic E-state index is 0.701. The van der Waals surface area contributed by atoms with Crippen molar-refractivity contribution in [3.05, 3.63) is 23.5 Å². The number of ether oxygens (including phenoxy) is 1. The van der Waals surface area contributed by atoms with Gasteiger partial charge in [-0.2, -0.15) is 0 Å². The molecule has 0 saturated carbocycles. The summed E-state index contributed by atoms with van der Waals surface area (Å²) < 4.78 is 5.27. The zero-order valence-electron chi connectivity index (χ0n) is 13.2. The SMILES string of the molecule is COc1cc(C)nc(CNCC(C(C)C)C(C)C)c1. The Morgan fingerprint density at radius 3 is 2.32 bits per heavy atom. The van der Waals surface area contributed by atoms with Gasteiger partial charge < -0.3 is 10.1 Å². The normalized spacial score (nSPS) is 11.6. The number of rotatable bonds is 7. The Hall–Kier alpha value is -1.09. The molecule has 1 aromatic rings. The molecule has 1 N–H and O–H groups in total. The van der Waals surface area contributed by atoms with E-state index < -0.39 is 0 Å². The maximum absolute atomic E-state index is 5.27. The maximum atomic E-state index is 5.27.